The molecular formula is C15H20N2S. The van der Waals surface area contributed by atoms with Crippen molar-refractivity contribution in [1.29, 1.82) is 0 Å². The van der Waals surface area contributed by atoms with Crippen LogP contribution in [0.15, 0.2) is 29.8 Å². The molecule has 1 heterocycles. The molecule has 2 nitrogen and oxygen atoms in total. The number of nitrogens with zero attached hydrogens (tertiary/aromatic N) is 1. The first kappa shape index (κ1) is 13.2. The molecule has 2 aromatic rings. The van der Waals surface area contributed by atoms with Gasteiger partial charge in [-0.2, -0.15) is 0 Å². The van der Waals surface area contributed by atoms with E-state index in [2.05, 4.69) is 55.3 Å². The van der Waals surface area contributed by atoms with Crippen molar-refractivity contribution in [3.05, 3.63) is 41.0 Å². The second kappa shape index (κ2) is 5.21. The lowest BCUT2D eigenvalue weighted by Gasteiger charge is -2.19. The van der Waals surface area contributed by atoms with Crippen LogP contribution in [0.2, 0.25) is 0 Å². The molecule has 1 N–H and O–H groups in total. The van der Waals surface area contributed by atoms with Crippen molar-refractivity contribution in [3.63, 3.8) is 0 Å². The van der Waals surface area contributed by atoms with Crippen molar-refractivity contribution < 1.29 is 0 Å². The van der Waals surface area contributed by atoms with E-state index in [1.165, 1.54) is 16.0 Å². The summed E-state index contributed by atoms with van der Waals surface area (Å²) in [5.41, 5.74) is 5.88. The molecule has 0 aliphatic rings. The summed E-state index contributed by atoms with van der Waals surface area (Å²) in [6, 6.07) is 8.84. The summed E-state index contributed by atoms with van der Waals surface area (Å²) in [6.07, 6.45) is 0. The van der Waals surface area contributed by atoms with Gasteiger partial charge in [0, 0.05) is 6.54 Å². The maximum Gasteiger partial charge on any atom is 0.0802 e. The molecule has 0 amide bonds. The molecule has 0 unspecified atom stereocenters. The lowest BCUT2D eigenvalue weighted by molar-refractivity contribution is 0.590. The molecule has 18 heavy (non-hydrogen) atoms. The lowest BCUT2D eigenvalue weighted by atomic mass is 9.86. The number of rotatable bonds is 3. The first-order valence-corrected chi connectivity index (χ1v) is 7.08. The average Bonchev–Trinajstić information content (AvgIpc) is 2.77. The zero-order valence-electron chi connectivity index (χ0n) is 11.4. The van der Waals surface area contributed by atoms with E-state index >= 15 is 0 Å². The van der Waals surface area contributed by atoms with Gasteiger partial charge in [-0.3, -0.25) is 0 Å². The second-order valence-electron chi connectivity index (χ2n) is 5.49. The molecule has 0 radical (unpaired) electrons. The van der Waals surface area contributed by atoms with Crippen molar-refractivity contribution in [1.82, 2.24) is 10.3 Å². The number of benzene rings is 1. The van der Waals surface area contributed by atoms with Gasteiger partial charge in [-0.1, -0.05) is 45.0 Å². The Labute approximate surface area is 113 Å². The van der Waals surface area contributed by atoms with E-state index in [0.717, 1.165) is 12.2 Å². The van der Waals surface area contributed by atoms with Crippen LogP contribution < -0.4 is 5.32 Å². The smallest absolute Gasteiger partial charge is 0.0802 e. The molecular weight excluding hydrogens is 240 g/mol. The molecule has 96 valence electrons. The molecule has 3 heteroatoms. The van der Waals surface area contributed by atoms with Gasteiger partial charge in [0.2, 0.25) is 0 Å². The Morgan fingerprint density at radius 3 is 2.39 bits per heavy atom. The van der Waals surface area contributed by atoms with Crippen molar-refractivity contribution >= 4 is 11.3 Å². The maximum absolute atomic E-state index is 4.41. The van der Waals surface area contributed by atoms with Crippen molar-refractivity contribution in [3.8, 4) is 10.4 Å². The third-order valence-electron chi connectivity index (χ3n) is 3.00. The topological polar surface area (TPSA) is 24.9 Å². The summed E-state index contributed by atoms with van der Waals surface area (Å²) in [6.45, 7) is 7.53. The van der Waals surface area contributed by atoms with Crippen LogP contribution in [0.1, 0.15) is 32.0 Å². The van der Waals surface area contributed by atoms with E-state index in [4.69, 9.17) is 0 Å². The predicted octanol–water partition coefficient (Wildman–Crippen LogP) is 3.83. The van der Waals surface area contributed by atoms with Crippen molar-refractivity contribution in [2.24, 2.45) is 0 Å². The monoisotopic (exact) mass is 260 g/mol. The Bertz CT molecular complexity index is 506. The minimum atomic E-state index is 0.208. The molecule has 0 aliphatic heterocycles. The van der Waals surface area contributed by atoms with Crippen LogP contribution in [-0.4, -0.2) is 12.0 Å². The Hall–Kier alpha value is -1.19. The normalized spacial score (nSPS) is 11.8. The fourth-order valence-corrected chi connectivity index (χ4v) is 2.74. The molecule has 1 aromatic heterocycles. The quantitative estimate of drug-likeness (QED) is 0.907. The SMILES string of the molecule is CNCc1ncsc1-c1ccc(C(C)(C)C)cc1. The summed E-state index contributed by atoms with van der Waals surface area (Å²) >= 11 is 1.70. The van der Waals surface area contributed by atoms with Crippen LogP contribution in [0, 0.1) is 0 Å². The van der Waals surface area contributed by atoms with E-state index < -0.39 is 0 Å². The van der Waals surface area contributed by atoms with Crippen LogP contribution in [0.25, 0.3) is 10.4 Å². The fourth-order valence-electron chi connectivity index (χ4n) is 1.92. The van der Waals surface area contributed by atoms with Gasteiger partial charge in [-0.05, 0) is 23.6 Å². The van der Waals surface area contributed by atoms with Gasteiger partial charge in [0.1, 0.15) is 0 Å². The van der Waals surface area contributed by atoms with E-state index in [1.54, 1.807) is 11.3 Å². The number of thiazole rings is 1. The molecule has 0 spiro atoms. The Morgan fingerprint density at radius 2 is 1.83 bits per heavy atom. The van der Waals surface area contributed by atoms with Gasteiger partial charge >= 0.3 is 0 Å². The van der Waals surface area contributed by atoms with Crippen LogP contribution >= 0.6 is 11.3 Å². The summed E-state index contributed by atoms with van der Waals surface area (Å²) in [5.74, 6) is 0. The molecule has 0 atom stereocenters. The van der Waals surface area contributed by atoms with Gasteiger partial charge < -0.3 is 5.32 Å². The number of nitrogens with one attached hydrogen (secondary N) is 1. The minimum absolute atomic E-state index is 0.208. The fraction of sp³-hybridized carbons (Fsp3) is 0.400. The first-order chi connectivity index (χ1) is 8.52. The van der Waals surface area contributed by atoms with Gasteiger partial charge in [0.15, 0.2) is 0 Å². The summed E-state index contributed by atoms with van der Waals surface area (Å²) in [4.78, 5) is 5.68. The summed E-state index contributed by atoms with van der Waals surface area (Å²) < 4.78 is 0. The second-order valence-corrected chi connectivity index (χ2v) is 6.34. The highest BCUT2D eigenvalue weighted by atomic mass is 32.1. The Kier molecular flexibility index (Phi) is 3.83. The van der Waals surface area contributed by atoms with Crippen LogP contribution in [0.3, 0.4) is 0 Å². The standard InChI is InChI=1S/C15H20N2S/c1-15(2,3)12-7-5-11(6-8-12)14-13(9-16-4)17-10-18-14/h5-8,10,16H,9H2,1-4H3. The van der Waals surface area contributed by atoms with Crippen LogP contribution in [0.5, 0.6) is 0 Å². The average molecular weight is 260 g/mol. The largest absolute Gasteiger partial charge is 0.314 e. The molecule has 0 aliphatic carbocycles. The highest BCUT2D eigenvalue weighted by molar-refractivity contribution is 7.13. The molecule has 0 bridgehead atoms. The Morgan fingerprint density at radius 1 is 1.17 bits per heavy atom. The lowest BCUT2D eigenvalue weighted by Crippen LogP contribution is -2.10. The number of hydrogen-bond acceptors (Lipinski definition) is 3. The molecule has 0 saturated carbocycles. The van der Waals surface area contributed by atoms with Crippen LogP contribution in [-0.2, 0) is 12.0 Å². The van der Waals surface area contributed by atoms with E-state index in [-0.39, 0.29) is 5.41 Å². The van der Waals surface area contributed by atoms with Gasteiger partial charge in [-0.25, -0.2) is 4.98 Å². The van der Waals surface area contributed by atoms with Crippen molar-refractivity contribution in [2.45, 2.75) is 32.7 Å². The van der Waals surface area contributed by atoms with Gasteiger partial charge in [0.25, 0.3) is 0 Å². The van der Waals surface area contributed by atoms with Gasteiger partial charge in [0.05, 0.1) is 16.1 Å². The third-order valence-corrected chi connectivity index (χ3v) is 3.92. The zero-order chi connectivity index (χ0) is 13.2. The first-order valence-electron chi connectivity index (χ1n) is 6.20. The predicted molar refractivity (Wildman–Crippen MR) is 79.0 cm³/mol. The highest BCUT2D eigenvalue weighted by Gasteiger charge is 2.14. The van der Waals surface area contributed by atoms with Crippen LogP contribution in [0.4, 0.5) is 0 Å². The minimum Gasteiger partial charge on any atom is -0.314 e. The van der Waals surface area contributed by atoms with E-state index in [9.17, 15) is 0 Å². The summed E-state index contributed by atoms with van der Waals surface area (Å²) in [5, 5.41) is 3.16. The highest BCUT2D eigenvalue weighted by Crippen LogP contribution is 2.30. The Balaban J connectivity index is 2.32. The molecule has 0 fully saturated rings. The molecule has 0 saturated heterocycles. The zero-order valence-corrected chi connectivity index (χ0v) is 12.3. The number of hydrogen-bond donors (Lipinski definition) is 1. The van der Waals surface area contributed by atoms with E-state index in [0.29, 0.717) is 0 Å². The maximum atomic E-state index is 4.41. The summed E-state index contributed by atoms with van der Waals surface area (Å²) in [7, 11) is 1.95. The van der Waals surface area contributed by atoms with E-state index in [1.807, 2.05) is 12.6 Å². The van der Waals surface area contributed by atoms with Gasteiger partial charge in [-0.15, -0.1) is 11.3 Å². The number of aromatic nitrogens is 1. The third kappa shape index (κ3) is 2.79. The van der Waals surface area contributed by atoms with Crippen molar-refractivity contribution in [2.75, 3.05) is 7.05 Å². The molecule has 2 rings (SSSR count). The molecule has 1 aromatic carbocycles.